The molecule has 0 aromatic heterocycles. The van der Waals surface area contributed by atoms with Gasteiger partial charge in [-0.1, -0.05) is 19.1 Å². The monoisotopic (exact) mass is 172 g/mol. The summed E-state index contributed by atoms with van der Waals surface area (Å²) in [6.07, 6.45) is 0.450. The summed E-state index contributed by atoms with van der Waals surface area (Å²) in [7, 11) is 1.15. The topological polar surface area (TPSA) is 63.6 Å². The van der Waals surface area contributed by atoms with E-state index in [0.717, 1.165) is 7.11 Å². The van der Waals surface area contributed by atoms with Crippen LogP contribution in [0.5, 0.6) is 0 Å². The summed E-state index contributed by atoms with van der Waals surface area (Å²) in [5.41, 5.74) is 0.356. The third-order valence-electron chi connectivity index (χ3n) is 1.55. The zero-order valence-electron chi connectivity index (χ0n) is 7.16. The van der Waals surface area contributed by atoms with E-state index in [9.17, 15) is 9.59 Å². The summed E-state index contributed by atoms with van der Waals surface area (Å²) in [6, 6.07) is 0. The highest BCUT2D eigenvalue weighted by Gasteiger charge is 2.28. The Kier molecular flexibility index (Phi) is 4.04. The quantitative estimate of drug-likeness (QED) is 0.387. The molecule has 1 N–H and O–H groups in total. The molecule has 0 amide bonds. The third-order valence-corrected chi connectivity index (χ3v) is 1.55. The summed E-state index contributed by atoms with van der Waals surface area (Å²) in [5.74, 6) is -3.21. The Labute approximate surface area is 70.8 Å². The van der Waals surface area contributed by atoms with Gasteiger partial charge in [0.1, 0.15) is 0 Å². The molecule has 1 atom stereocenters. The van der Waals surface area contributed by atoms with Crippen LogP contribution in [0.2, 0.25) is 0 Å². The molecule has 0 aliphatic rings. The lowest BCUT2D eigenvalue weighted by Gasteiger charge is -2.10. The first-order chi connectivity index (χ1) is 5.54. The van der Waals surface area contributed by atoms with Crippen LogP contribution in [-0.2, 0) is 14.3 Å². The molecule has 0 aliphatic carbocycles. The lowest BCUT2D eigenvalue weighted by Crippen LogP contribution is -2.26. The van der Waals surface area contributed by atoms with E-state index < -0.39 is 17.9 Å². The molecule has 0 saturated carbocycles. The molecule has 68 valence electrons. The highest BCUT2D eigenvalue weighted by Crippen LogP contribution is 2.14. The Hall–Kier alpha value is -1.32. The molecule has 0 saturated heterocycles. The minimum atomic E-state index is -1.22. The van der Waals surface area contributed by atoms with Gasteiger partial charge in [-0.15, -0.1) is 0 Å². The average molecular weight is 172 g/mol. The summed E-state index contributed by atoms with van der Waals surface area (Å²) in [6.45, 7) is 5.22. The van der Waals surface area contributed by atoms with Gasteiger partial charge >= 0.3 is 11.9 Å². The van der Waals surface area contributed by atoms with Crippen LogP contribution in [0.4, 0.5) is 0 Å². The highest BCUT2D eigenvalue weighted by molar-refractivity contribution is 5.97. The van der Waals surface area contributed by atoms with Crippen molar-refractivity contribution in [2.24, 2.45) is 5.92 Å². The van der Waals surface area contributed by atoms with Crippen molar-refractivity contribution >= 4 is 11.9 Å². The molecule has 0 bridgehead atoms. The molecule has 0 radical (unpaired) electrons. The van der Waals surface area contributed by atoms with Gasteiger partial charge in [-0.05, 0) is 6.42 Å². The maximum atomic E-state index is 10.9. The van der Waals surface area contributed by atoms with Gasteiger partial charge in [0, 0.05) is 0 Å². The Balaban J connectivity index is 4.55. The fraction of sp³-hybridized carbons (Fsp3) is 0.500. The number of carbonyl (C=O) groups is 2. The van der Waals surface area contributed by atoms with Crippen LogP contribution < -0.4 is 0 Å². The molecular weight excluding hydrogens is 160 g/mol. The van der Waals surface area contributed by atoms with Gasteiger partial charge in [-0.3, -0.25) is 9.59 Å². The lowest BCUT2D eigenvalue weighted by molar-refractivity contribution is -0.154. The van der Waals surface area contributed by atoms with E-state index in [0.29, 0.717) is 12.0 Å². The zero-order valence-corrected chi connectivity index (χ0v) is 7.16. The van der Waals surface area contributed by atoms with Crippen molar-refractivity contribution in [3.05, 3.63) is 12.2 Å². The van der Waals surface area contributed by atoms with Crippen LogP contribution in [0.25, 0.3) is 0 Å². The fourth-order valence-electron chi connectivity index (χ4n) is 0.764. The van der Waals surface area contributed by atoms with E-state index >= 15 is 0 Å². The van der Waals surface area contributed by atoms with Crippen LogP contribution in [0, 0.1) is 5.92 Å². The second-order valence-electron chi connectivity index (χ2n) is 2.31. The van der Waals surface area contributed by atoms with Crippen molar-refractivity contribution in [3.63, 3.8) is 0 Å². The summed E-state index contributed by atoms with van der Waals surface area (Å²) in [5, 5.41) is 8.61. The number of aliphatic carboxylic acids is 1. The Bertz CT molecular complexity index is 191. The molecule has 0 rings (SSSR count). The number of carboxylic acids is 1. The first kappa shape index (κ1) is 10.7. The number of esters is 1. The Morgan fingerprint density at radius 3 is 2.33 bits per heavy atom. The van der Waals surface area contributed by atoms with Gasteiger partial charge in [0.05, 0.1) is 7.11 Å². The Morgan fingerprint density at radius 2 is 2.08 bits per heavy atom. The molecule has 0 spiro atoms. The van der Waals surface area contributed by atoms with Crippen molar-refractivity contribution in [1.82, 2.24) is 0 Å². The maximum absolute atomic E-state index is 10.9. The molecule has 0 fully saturated rings. The van der Waals surface area contributed by atoms with E-state index in [1.807, 2.05) is 0 Å². The fourth-order valence-corrected chi connectivity index (χ4v) is 0.764. The van der Waals surface area contributed by atoms with E-state index in [1.54, 1.807) is 6.92 Å². The summed E-state index contributed by atoms with van der Waals surface area (Å²) >= 11 is 0. The van der Waals surface area contributed by atoms with Gasteiger partial charge in [-0.2, -0.15) is 0 Å². The second-order valence-corrected chi connectivity index (χ2v) is 2.31. The zero-order chi connectivity index (χ0) is 9.72. The number of carboxylic acid groups (broad SMARTS) is 1. The standard InChI is InChI=1S/C8H12O4/c1-4-5(2)6(7(9)10)8(11)12-3/h6H,2,4H2,1,3H3,(H,9,10). The SMILES string of the molecule is C=C(CC)C(C(=O)O)C(=O)OC. The predicted octanol–water partition coefficient (Wildman–Crippen LogP) is 0.826. The number of rotatable bonds is 4. The molecule has 4 heteroatoms. The van der Waals surface area contributed by atoms with Crippen LogP contribution in [0.1, 0.15) is 13.3 Å². The minimum Gasteiger partial charge on any atom is -0.480 e. The molecule has 0 heterocycles. The molecule has 4 nitrogen and oxygen atoms in total. The number of ether oxygens (including phenoxy) is 1. The predicted molar refractivity (Wildman–Crippen MR) is 42.6 cm³/mol. The number of hydrogen-bond acceptors (Lipinski definition) is 3. The van der Waals surface area contributed by atoms with Gasteiger partial charge in [0.15, 0.2) is 5.92 Å². The molecule has 0 aliphatic heterocycles. The maximum Gasteiger partial charge on any atom is 0.324 e. The van der Waals surface area contributed by atoms with Crippen LogP contribution in [0.3, 0.4) is 0 Å². The molecule has 12 heavy (non-hydrogen) atoms. The van der Waals surface area contributed by atoms with E-state index in [2.05, 4.69) is 11.3 Å². The highest BCUT2D eigenvalue weighted by atomic mass is 16.5. The van der Waals surface area contributed by atoms with Gasteiger partial charge in [-0.25, -0.2) is 0 Å². The number of hydrogen-bond donors (Lipinski definition) is 1. The summed E-state index contributed by atoms with van der Waals surface area (Å²) < 4.78 is 4.32. The largest absolute Gasteiger partial charge is 0.480 e. The first-order valence-electron chi connectivity index (χ1n) is 3.52. The van der Waals surface area contributed by atoms with Crippen molar-refractivity contribution in [2.75, 3.05) is 7.11 Å². The smallest absolute Gasteiger partial charge is 0.324 e. The van der Waals surface area contributed by atoms with Gasteiger partial charge in [0.2, 0.25) is 0 Å². The lowest BCUT2D eigenvalue weighted by atomic mass is 9.99. The van der Waals surface area contributed by atoms with Crippen molar-refractivity contribution in [1.29, 1.82) is 0 Å². The number of methoxy groups -OCH3 is 1. The molecule has 0 aromatic carbocycles. The van der Waals surface area contributed by atoms with Gasteiger partial charge < -0.3 is 9.84 Å². The van der Waals surface area contributed by atoms with Crippen LogP contribution >= 0.6 is 0 Å². The minimum absolute atomic E-state index is 0.356. The molecule has 0 aromatic rings. The number of carbonyl (C=O) groups excluding carboxylic acids is 1. The van der Waals surface area contributed by atoms with E-state index in [-0.39, 0.29) is 0 Å². The summed E-state index contributed by atoms with van der Waals surface area (Å²) in [4.78, 5) is 21.4. The Morgan fingerprint density at radius 1 is 1.58 bits per heavy atom. The normalized spacial score (nSPS) is 11.8. The van der Waals surface area contributed by atoms with Crippen LogP contribution in [0.15, 0.2) is 12.2 Å². The molecular formula is C8H12O4. The second kappa shape index (κ2) is 4.54. The van der Waals surface area contributed by atoms with Crippen molar-refractivity contribution in [2.45, 2.75) is 13.3 Å². The van der Waals surface area contributed by atoms with Crippen molar-refractivity contribution < 1.29 is 19.4 Å². The van der Waals surface area contributed by atoms with Gasteiger partial charge in [0.25, 0.3) is 0 Å². The van der Waals surface area contributed by atoms with E-state index in [1.165, 1.54) is 0 Å². The third kappa shape index (κ3) is 2.38. The van der Waals surface area contributed by atoms with E-state index in [4.69, 9.17) is 5.11 Å². The van der Waals surface area contributed by atoms with Crippen molar-refractivity contribution in [3.8, 4) is 0 Å². The average Bonchev–Trinajstić information content (AvgIpc) is 2.03. The first-order valence-corrected chi connectivity index (χ1v) is 3.52. The molecule has 1 unspecified atom stereocenters. The van der Waals surface area contributed by atoms with Crippen LogP contribution in [-0.4, -0.2) is 24.2 Å².